The molecule has 0 saturated carbocycles. The molecule has 33 heavy (non-hydrogen) atoms. The Morgan fingerprint density at radius 1 is 1.03 bits per heavy atom. The van der Waals surface area contributed by atoms with E-state index < -0.39 is 4.92 Å². The Hall–Kier alpha value is -4.18. The van der Waals surface area contributed by atoms with Crippen molar-refractivity contribution in [3.8, 4) is 17.1 Å². The van der Waals surface area contributed by atoms with E-state index in [0.717, 1.165) is 22.0 Å². The number of aryl methyl sites for hydroxylation is 2. The van der Waals surface area contributed by atoms with Crippen LogP contribution in [-0.4, -0.2) is 33.8 Å². The van der Waals surface area contributed by atoms with Gasteiger partial charge in [-0.25, -0.2) is 14.2 Å². The number of fused-ring (bicyclic) bond motifs is 1. The molecule has 3 heterocycles. The Morgan fingerprint density at radius 3 is 2.58 bits per heavy atom. The highest BCUT2D eigenvalue weighted by Gasteiger charge is 2.20. The van der Waals surface area contributed by atoms with Crippen molar-refractivity contribution in [2.45, 2.75) is 20.0 Å². The Balaban J connectivity index is 1.65. The summed E-state index contributed by atoms with van der Waals surface area (Å²) in [5.74, 6) is 1.19. The van der Waals surface area contributed by atoms with Crippen molar-refractivity contribution in [1.82, 2.24) is 28.9 Å². The van der Waals surface area contributed by atoms with Gasteiger partial charge in [-0.15, -0.1) is 0 Å². The second-order valence-electron chi connectivity index (χ2n) is 7.47. The van der Waals surface area contributed by atoms with Crippen molar-refractivity contribution in [3.05, 3.63) is 93.9 Å². The van der Waals surface area contributed by atoms with E-state index in [-0.39, 0.29) is 5.82 Å². The zero-order chi connectivity index (χ0) is 22.9. The van der Waals surface area contributed by atoms with Gasteiger partial charge in [0.2, 0.25) is 4.77 Å². The fourth-order valence-electron chi connectivity index (χ4n) is 3.93. The first kappa shape index (κ1) is 20.7. The fourth-order valence-corrected chi connectivity index (χ4v) is 4.25. The van der Waals surface area contributed by atoms with Crippen LogP contribution >= 0.6 is 12.2 Å². The molecule has 0 saturated heterocycles. The molecule has 0 aliphatic heterocycles. The summed E-state index contributed by atoms with van der Waals surface area (Å²) < 4.78 is 5.71. The third kappa shape index (κ3) is 3.70. The number of hydrogen-bond donors (Lipinski definition) is 0. The van der Waals surface area contributed by atoms with Crippen LogP contribution in [0.15, 0.2) is 73.2 Å². The minimum atomic E-state index is -0.434. The Bertz CT molecular complexity index is 1530. The number of pyridine rings is 1. The summed E-state index contributed by atoms with van der Waals surface area (Å²) in [6.07, 6.45) is 4.69. The topological polar surface area (TPSA) is 96.6 Å². The maximum atomic E-state index is 11.4. The smallest absolute Gasteiger partial charge is 0.342 e. The lowest BCUT2D eigenvalue weighted by Gasteiger charge is -2.10. The molecule has 10 heteroatoms. The number of nitrogens with zero attached hydrogens (tertiary/aromatic N) is 7. The molecule has 0 aliphatic rings. The second-order valence-corrected chi connectivity index (χ2v) is 7.84. The van der Waals surface area contributed by atoms with Crippen molar-refractivity contribution < 1.29 is 4.92 Å². The Kier molecular flexibility index (Phi) is 5.27. The van der Waals surface area contributed by atoms with Crippen LogP contribution in [0, 0.1) is 21.8 Å². The predicted molar refractivity (Wildman–Crippen MR) is 127 cm³/mol. The first-order chi connectivity index (χ1) is 16.0. The van der Waals surface area contributed by atoms with Crippen LogP contribution < -0.4 is 0 Å². The SMILES string of the molecule is Cc1ncc([N+](=O)[O-])n1CCn1nc(-c2ccncc2)n(-c2cccc3ccccc23)c1=S. The maximum absolute atomic E-state index is 11.4. The number of benzene rings is 2. The van der Waals surface area contributed by atoms with Crippen LogP contribution in [-0.2, 0) is 13.1 Å². The summed E-state index contributed by atoms with van der Waals surface area (Å²) in [5, 5.41) is 18.3. The highest BCUT2D eigenvalue weighted by Crippen LogP contribution is 2.28. The average molecular weight is 458 g/mol. The zero-order valence-corrected chi connectivity index (χ0v) is 18.5. The lowest BCUT2D eigenvalue weighted by molar-refractivity contribution is -0.392. The molecular formula is C23H19N7O2S. The summed E-state index contributed by atoms with van der Waals surface area (Å²) in [4.78, 5) is 19.1. The summed E-state index contributed by atoms with van der Waals surface area (Å²) in [6, 6.07) is 17.9. The van der Waals surface area contributed by atoms with Gasteiger partial charge >= 0.3 is 5.82 Å². The highest BCUT2D eigenvalue weighted by atomic mass is 32.1. The highest BCUT2D eigenvalue weighted by molar-refractivity contribution is 7.71. The molecule has 0 aliphatic carbocycles. The van der Waals surface area contributed by atoms with Crippen molar-refractivity contribution in [2.75, 3.05) is 0 Å². The summed E-state index contributed by atoms with van der Waals surface area (Å²) in [7, 11) is 0. The molecule has 0 spiro atoms. The minimum Gasteiger partial charge on any atom is -0.358 e. The maximum Gasteiger partial charge on any atom is 0.342 e. The molecule has 5 aromatic rings. The number of nitro groups is 1. The van der Waals surface area contributed by atoms with Crippen molar-refractivity contribution >= 4 is 28.8 Å². The number of aromatic nitrogens is 6. The van der Waals surface area contributed by atoms with Crippen molar-refractivity contribution in [1.29, 1.82) is 0 Å². The van der Waals surface area contributed by atoms with E-state index in [4.69, 9.17) is 17.3 Å². The molecule has 0 amide bonds. The molecular weight excluding hydrogens is 438 g/mol. The van der Waals surface area contributed by atoms with Crippen LogP contribution in [0.3, 0.4) is 0 Å². The van der Waals surface area contributed by atoms with Crippen LogP contribution in [0.5, 0.6) is 0 Å². The molecule has 3 aromatic heterocycles. The molecule has 2 aromatic carbocycles. The number of hydrogen-bond acceptors (Lipinski definition) is 6. The molecule has 0 bridgehead atoms. The molecule has 0 fully saturated rings. The average Bonchev–Trinajstić information content (AvgIpc) is 3.37. The number of rotatable bonds is 6. The van der Waals surface area contributed by atoms with E-state index in [2.05, 4.69) is 28.2 Å². The van der Waals surface area contributed by atoms with Gasteiger partial charge in [-0.3, -0.25) is 9.55 Å². The predicted octanol–water partition coefficient (Wildman–Crippen LogP) is 4.73. The van der Waals surface area contributed by atoms with Crippen molar-refractivity contribution in [2.24, 2.45) is 0 Å². The first-order valence-corrected chi connectivity index (χ1v) is 10.7. The summed E-state index contributed by atoms with van der Waals surface area (Å²) in [6.45, 7) is 2.41. The van der Waals surface area contributed by atoms with Crippen LogP contribution in [0.1, 0.15) is 5.82 Å². The van der Waals surface area contributed by atoms with Gasteiger partial charge in [-0.05, 0) is 40.7 Å². The third-order valence-electron chi connectivity index (χ3n) is 5.54. The van der Waals surface area contributed by atoms with Crippen LogP contribution in [0.4, 0.5) is 5.82 Å². The van der Waals surface area contributed by atoms with Crippen LogP contribution in [0.25, 0.3) is 27.8 Å². The number of imidazole rings is 1. The molecule has 5 rings (SSSR count). The van der Waals surface area contributed by atoms with E-state index in [0.29, 0.717) is 29.5 Å². The summed E-state index contributed by atoms with van der Waals surface area (Å²) in [5.41, 5.74) is 1.79. The Labute approximate surface area is 193 Å². The van der Waals surface area contributed by atoms with E-state index in [1.807, 2.05) is 41.0 Å². The van der Waals surface area contributed by atoms with Gasteiger partial charge in [0.05, 0.1) is 12.2 Å². The molecule has 0 N–H and O–H groups in total. The van der Waals surface area contributed by atoms with E-state index in [1.165, 1.54) is 6.20 Å². The quantitative estimate of drug-likeness (QED) is 0.208. The molecule has 9 nitrogen and oxygen atoms in total. The molecule has 164 valence electrons. The fraction of sp³-hybridized carbons (Fsp3) is 0.130. The van der Waals surface area contributed by atoms with Crippen LogP contribution in [0.2, 0.25) is 0 Å². The largest absolute Gasteiger partial charge is 0.358 e. The molecule has 0 unspecified atom stereocenters. The van der Waals surface area contributed by atoms with Gasteiger partial charge in [-0.2, -0.15) is 5.10 Å². The van der Waals surface area contributed by atoms with E-state index in [9.17, 15) is 10.1 Å². The van der Waals surface area contributed by atoms with Gasteiger partial charge in [0.1, 0.15) is 12.7 Å². The minimum absolute atomic E-state index is 0.0538. The van der Waals surface area contributed by atoms with Gasteiger partial charge in [0, 0.05) is 30.3 Å². The van der Waals surface area contributed by atoms with Gasteiger partial charge in [-0.1, -0.05) is 36.4 Å². The van der Waals surface area contributed by atoms with Crippen molar-refractivity contribution in [3.63, 3.8) is 0 Å². The Morgan fingerprint density at radius 2 is 1.79 bits per heavy atom. The zero-order valence-electron chi connectivity index (χ0n) is 17.7. The first-order valence-electron chi connectivity index (χ1n) is 10.3. The second kappa shape index (κ2) is 8.40. The van der Waals surface area contributed by atoms with E-state index >= 15 is 0 Å². The molecule has 0 atom stereocenters. The van der Waals surface area contributed by atoms with Gasteiger partial charge in [0.15, 0.2) is 11.6 Å². The van der Waals surface area contributed by atoms with Gasteiger partial charge in [0.25, 0.3) is 0 Å². The summed E-state index contributed by atoms with van der Waals surface area (Å²) >= 11 is 5.86. The van der Waals surface area contributed by atoms with Gasteiger partial charge < -0.3 is 10.1 Å². The standard InChI is InChI=1S/C23H19N7O2S/c1-16-25-15-21(30(31)32)27(16)13-14-28-23(33)29(22(26-28)18-9-11-24-12-10-18)20-8-4-6-17-5-2-3-7-19(17)20/h2-12,15H,13-14H2,1H3. The lowest BCUT2D eigenvalue weighted by Crippen LogP contribution is -2.12. The lowest BCUT2D eigenvalue weighted by atomic mass is 10.1. The normalized spacial score (nSPS) is 11.2. The third-order valence-corrected chi connectivity index (χ3v) is 5.94. The monoisotopic (exact) mass is 457 g/mol. The molecule has 0 radical (unpaired) electrons. The van der Waals surface area contributed by atoms with E-state index in [1.54, 1.807) is 28.6 Å².